The van der Waals surface area contributed by atoms with Gasteiger partial charge in [0.2, 0.25) is 5.91 Å². The Bertz CT molecular complexity index is 2510. The Morgan fingerprint density at radius 3 is 2.16 bits per heavy atom. The van der Waals surface area contributed by atoms with Gasteiger partial charge in [-0.3, -0.25) is 19.1 Å². The van der Waals surface area contributed by atoms with Gasteiger partial charge in [-0.25, -0.2) is 17.8 Å². The van der Waals surface area contributed by atoms with Gasteiger partial charge in [-0.15, -0.1) is 0 Å². The average Bonchev–Trinajstić information content (AvgIpc) is 3.75. The van der Waals surface area contributed by atoms with E-state index in [1.165, 1.54) is 59.0 Å². The molecule has 1 aliphatic carbocycles. The number of hydrogen-bond acceptors (Lipinski definition) is 8. The van der Waals surface area contributed by atoms with Crippen molar-refractivity contribution in [1.29, 1.82) is 5.26 Å². The molecule has 5 aromatic rings. The number of alkyl halides is 3. The van der Waals surface area contributed by atoms with Crippen molar-refractivity contribution in [2.24, 2.45) is 13.0 Å². The second-order valence-corrected chi connectivity index (χ2v) is 16.4. The molecule has 2 N–H and O–H groups in total. The van der Waals surface area contributed by atoms with Gasteiger partial charge in [0.15, 0.2) is 0 Å². The summed E-state index contributed by atoms with van der Waals surface area (Å²) in [5.41, 5.74) is -0.701. The van der Waals surface area contributed by atoms with Crippen molar-refractivity contribution in [3.8, 4) is 28.8 Å². The van der Waals surface area contributed by atoms with E-state index in [2.05, 4.69) is 29.8 Å². The van der Waals surface area contributed by atoms with Gasteiger partial charge in [0.25, 0.3) is 11.5 Å². The van der Waals surface area contributed by atoms with Gasteiger partial charge < -0.3 is 19.7 Å². The predicted molar refractivity (Wildman–Crippen MR) is 205 cm³/mol. The number of carbonyl (C=O) groups excluding carboxylic acids is 2. The number of nitriles is 1. The quantitative estimate of drug-likeness (QED) is 0.171. The minimum atomic E-state index is -4.65. The van der Waals surface area contributed by atoms with E-state index < -0.39 is 33.3 Å². The SMILES string of the molecule is Cn1c(-c2ccnn2-c2ccc(C#N)cc2)c(C(=O)NC2CC(C(=O)NC3CC[N+](C)(C)CC3)C2)c(=O)n1-c1cccc(C(F)(F)F)c1.O=S(=O)([O-])c1ccccc1. The zero-order valence-corrected chi connectivity index (χ0v) is 32.6. The van der Waals surface area contributed by atoms with Crippen molar-refractivity contribution in [3.63, 3.8) is 0 Å². The zero-order chi connectivity index (χ0) is 42.0. The Morgan fingerprint density at radius 1 is 0.914 bits per heavy atom. The second-order valence-electron chi connectivity index (χ2n) is 15.0. The van der Waals surface area contributed by atoms with Gasteiger partial charge in [0, 0.05) is 37.9 Å². The number of likely N-dealkylation sites (tertiary alicyclic amines) is 1. The number of nitrogens with zero attached hydrogens (tertiary/aromatic N) is 6. The van der Waals surface area contributed by atoms with E-state index in [1.807, 2.05) is 6.07 Å². The summed E-state index contributed by atoms with van der Waals surface area (Å²) in [7, 11) is 1.57. The lowest BCUT2D eigenvalue weighted by atomic mass is 9.79. The fraction of sp³-hybridized carbons (Fsp3) is 0.325. The van der Waals surface area contributed by atoms with Crippen LogP contribution in [0.5, 0.6) is 0 Å². The van der Waals surface area contributed by atoms with Gasteiger partial charge in [0.1, 0.15) is 21.4 Å². The fourth-order valence-corrected chi connectivity index (χ4v) is 7.59. The van der Waals surface area contributed by atoms with E-state index >= 15 is 0 Å². The molecule has 3 aromatic carbocycles. The molecule has 0 atom stereocenters. The van der Waals surface area contributed by atoms with Crippen LogP contribution in [-0.4, -0.2) is 87.7 Å². The highest BCUT2D eigenvalue weighted by molar-refractivity contribution is 7.85. The molecule has 58 heavy (non-hydrogen) atoms. The second kappa shape index (κ2) is 16.4. The van der Waals surface area contributed by atoms with E-state index in [9.17, 15) is 45.8 Å². The maximum atomic E-state index is 14.0. The molecule has 1 saturated heterocycles. The minimum Gasteiger partial charge on any atom is -0.744 e. The first-order chi connectivity index (χ1) is 27.4. The minimum absolute atomic E-state index is 0.0451. The van der Waals surface area contributed by atoms with Gasteiger partial charge in [-0.2, -0.15) is 23.5 Å². The molecule has 304 valence electrons. The molecule has 2 aliphatic rings. The standard InChI is InChI=1S/C34H35F3N8O3.C6H6O3S/c1-42-30(28-11-14-39-43(28)26-9-7-21(20-38)8-10-26)29(33(48)44(42)27-6-4-5-23(19-27)34(35,36)37)32(47)41-25-17-22(18-25)31(46)40-24-12-15-45(2,3)16-13-24;7-10(8,9)6-4-2-1-3-5-6/h4-11,14,19,22,24-25H,12-13,15-18H2,1-3H3,(H-,40,41,46,47);1-5H,(H,7,8,9). The van der Waals surface area contributed by atoms with Crippen molar-refractivity contribution < 1.29 is 40.2 Å². The van der Waals surface area contributed by atoms with E-state index in [0.29, 0.717) is 29.8 Å². The van der Waals surface area contributed by atoms with Crippen LogP contribution in [0.3, 0.4) is 0 Å². The molecule has 0 spiro atoms. The Morgan fingerprint density at radius 2 is 1.57 bits per heavy atom. The Labute approximate surface area is 332 Å². The molecule has 18 heteroatoms. The first-order valence-electron chi connectivity index (χ1n) is 18.3. The van der Waals surface area contributed by atoms with Crippen molar-refractivity contribution >= 4 is 21.9 Å². The molecule has 2 aromatic heterocycles. The summed E-state index contributed by atoms with van der Waals surface area (Å²) >= 11 is 0. The topological polar surface area (TPSA) is 184 Å². The molecule has 14 nitrogen and oxygen atoms in total. The molecule has 7 rings (SSSR count). The highest BCUT2D eigenvalue weighted by atomic mass is 32.2. The number of benzene rings is 3. The van der Waals surface area contributed by atoms with E-state index in [4.69, 9.17) is 0 Å². The Hall–Kier alpha value is -6.03. The molecular weight excluding hydrogens is 778 g/mol. The normalized spacial score (nSPS) is 17.9. The number of hydrogen-bond donors (Lipinski definition) is 2. The molecule has 1 aliphatic heterocycles. The number of carbonyl (C=O) groups is 2. The van der Waals surface area contributed by atoms with Gasteiger partial charge in [0.05, 0.1) is 72.5 Å². The first-order valence-corrected chi connectivity index (χ1v) is 19.8. The van der Waals surface area contributed by atoms with E-state index in [1.54, 1.807) is 36.4 Å². The Kier molecular flexibility index (Phi) is 11.8. The first kappa shape index (κ1) is 41.6. The highest BCUT2D eigenvalue weighted by Crippen LogP contribution is 2.33. The van der Waals surface area contributed by atoms with Crippen LogP contribution in [0.25, 0.3) is 22.8 Å². The molecule has 0 radical (unpaired) electrons. The fourth-order valence-electron chi connectivity index (χ4n) is 7.10. The van der Waals surface area contributed by atoms with E-state index in [0.717, 1.165) is 47.2 Å². The van der Waals surface area contributed by atoms with Crippen LogP contribution in [0.2, 0.25) is 0 Å². The van der Waals surface area contributed by atoms with Crippen LogP contribution in [0.15, 0.2) is 101 Å². The third-order valence-corrected chi connectivity index (χ3v) is 11.3. The molecule has 1 saturated carbocycles. The van der Waals surface area contributed by atoms with Crippen LogP contribution >= 0.6 is 0 Å². The number of nitrogens with one attached hydrogen (secondary N) is 2. The number of aromatic nitrogens is 4. The van der Waals surface area contributed by atoms with Crippen LogP contribution in [0, 0.1) is 17.2 Å². The molecule has 2 amide bonds. The smallest absolute Gasteiger partial charge is 0.416 e. The summed E-state index contributed by atoms with van der Waals surface area (Å²) in [6.07, 6.45) is -0.568. The lowest BCUT2D eigenvalue weighted by molar-refractivity contribution is -0.895. The van der Waals surface area contributed by atoms with Gasteiger partial charge >= 0.3 is 6.18 Å². The van der Waals surface area contributed by atoms with Crippen molar-refractivity contribution in [2.45, 2.75) is 48.8 Å². The summed E-state index contributed by atoms with van der Waals surface area (Å²) in [5.74, 6) is -1.02. The third kappa shape index (κ3) is 9.23. The number of rotatable bonds is 8. The maximum Gasteiger partial charge on any atom is 0.416 e. The molecular formula is C40H41F3N8O6S. The molecule has 2 fully saturated rings. The van der Waals surface area contributed by atoms with Gasteiger partial charge in [-0.05, 0) is 73.5 Å². The number of quaternary nitrogens is 1. The van der Waals surface area contributed by atoms with Crippen LogP contribution in [-0.2, 0) is 28.1 Å². The zero-order valence-electron chi connectivity index (χ0n) is 31.8. The summed E-state index contributed by atoms with van der Waals surface area (Å²) in [6, 6.07) is 21.4. The number of halogens is 3. The van der Waals surface area contributed by atoms with Crippen LogP contribution in [0.4, 0.5) is 13.2 Å². The van der Waals surface area contributed by atoms with Crippen LogP contribution in [0.1, 0.15) is 47.2 Å². The molecule has 0 bridgehead atoms. The van der Waals surface area contributed by atoms with Crippen molar-refractivity contribution in [2.75, 3.05) is 27.2 Å². The molecule has 3 heterocycles. The summed E-state index contributed by atoms with van der Waals surface area (Å²) in [6.45, 7) is 1.96. The Balaban J connectivity index is 0.000000496. The van der Waals surface area contributed by atoms with Gasteiger partial charge in [-0.1, -0.05) is 24.3 Å². The average molecular weight is 819 g/mol. The largest absolute Gasteiger partial charge is 0.744 e. The van der Waals surface area contributed by atoms with E-state index in [-0.39, 0.29) is 45.7 Å². The highest BCUT2D eigenvalue weighted by Gasteiger charge is 2.39. The van der Waals surface area contributed by atoms with Crippen molar-refractivity contribution in [1.82, 2.24) is 29.8 Å². The van der Waals surface area contributed by atoms with Crippen LogP contribution < -0.4 is 16.2 Å². The lowest BCUT2D eigenvalue weighted by Crippen LogP contribution is -2.55. The summed E-state index contributed by atoms with van der Waals surface area (Å²) < 4.78 is 76.5. The third-order valence-electron chi connectivity index (χ3n) is 10.4. The summed E-state index contributed by atoms with van der Waals surface area (Å²) in [5, 5.41) is 19.6. The molecule has 0 unspecified atom stereocenters. The monoisotopic (exact) mass is 818 g/mol. The predicted octanol–water partition coefficient (Wildman–Crippen LogP) is 4.37. The van der Waals surface area contributed by atoms with Crippen molar-refractivity contribution in [3.05, 3.63) is 118 Å². The maximum absolute atomic E-state index is 14.0. The summed E-state index contributed by atoms with van der Waals surface area (Å²) in [4.78, 5) is 40.7. The number of piperidine rings is 1. The lowest BCUT2D eigenvalue weighted by Gasteiger charge is -2.39. The number of amides is 2.